The predicted octanol–water partition coefficient (Wildman–Crippen LogP) is 1.88. The second-order valence-electron chi connectivity index (χ2n) is 2.50. The molecule has 0 aromatic carbocycles. The molecular weight excluding hydrogens is 122 g/mol. The minimum atomic E-state index is 0.412. The highest BCUT2D eigenvalue weighted by Gasteiger charge is 2.11. The van der Waals surface area contributed by atoms with Crippen LogP contribution in [0.15, 0.2) is 40.9 Å². The molecule has 1 aliphatic heterocycles. The smallest absolute Gasteiger partial charge is 0.0783 e. The van der Waals surface area contributed by atoms with Crippen LogP contribution in [0.5, 0.6) is 0 Å². The molecule has 0 bridgehead atoms. The lowest BCUT2D eigenvalue weighted by molar-refractivity contribution is 0.794. The van der Waals surface area contributed by atoms with Crippen LogP contribution in [0.3, 0.4) is 0 Å². The third-order valence-electron chi connectivity index (χ3n) is 1.81. The molecule has 0 aromatic heterocycles. The molecule has 0 spiro atoms. The molecule has 1 atom stereocenters. The molecule has 0 saturated heterocycles. The first-order chi connectivity index (χ1) is 4.97. The van der Waals surface area contributed by atoms with Crippen LogP contribution in [-0.4, -0.2) is 12.3 Å². The van der Waals surface area contributed by atoms with Crippen molar-refractivity contribution in [2.24, 2.45) is 4.99 Å². The van der Waals surface area contributed by atoms with Gasteiger partial charge in [-0.25, -0.2) is 0 Å². The normalized spacial score (nSPS) is 28.0. The zero-order valence-electron chi connectivity index (χ0n) is 5.70. The number of fused-ring (bicyclic) bond motifs is 1. The number of nitrogens with zero attached hydrogens (tertiary/aromatic N) is 1. The summed E-state index contributed by atoms with van der Waals surface area (Å²) in [6, 6.07) is 0.412. The predicted molar refractivity (Wildman–Crippen MR) is 43.3 cm³/mol. The molecular formula is C9H9N. The summed E-state index contributed by atoms with van der Waals surface area (Å²) in [5.74, 6) is 0. The van der Waals surface area contributed by atoms with Gasteiger partial charge in [-0.3, -0.25) is 4.99 Å². The first kappa shape index (κ1) is 5.66. The van der Waals surface area contributed by atoms with Gasteiger partial charge in [0.1, 0.15) is 0 Å². The molecule has 0 N–H and O–H groups in total. The van der Waals surface area contributed by atoms with Gasteiger partial charge in [0, 0.05) is 6.21 Å². The van der Waals surface area contributed by atoms with Gasteiger partial charge in [-0.2, -0.15) is 0 Å². The summed E-state index contributed by atoms with van der Waals surface area (Å²) < 4.78 is 0. The van der Waals surface area contributed by atoms with Crippen molar-refractivity contribution in [2.45, 2.75) is 12.5 Å². The van der Waals surface area contributed by atoms with Gasteiger partial charge in [0.25, 0.3) is 0 Å². The fraction of sp³-hybridized carbons (Fsp3) is 0.222. The van der Waals surface area contributed by atoms with Crippen LogP contribution in [0, 0.1) is 0 Å². The second kappa shape index (κ2) is 2.25. The van der Waals surface area contributed by atoms with Gasteiger partial charge in [0.2, 0.25) is 0 Å². The molecule has 0 aromatic rings. The SMILES string of the molecule is C1=CCC2N=CC=CC2=C1. The summed E-state index contributed by atoms with van der Waals surface area (Å²) in [4.78, 5) is 4.32. The van der Waals surface area contributed by atoms with E-state index in [4.69, 9.17) is 0 Å². The van der Waals surface area contributed by atoms with Gasteiger partial charge < -0.3 is 0 Å². The molecule has 1 nitrogen and oxygen atoms in total. The quantitative estimate of drug-likeness (QED) is 0.476. The monoisotopic (exact) mass is 131 g/mol. The van der Waals surface area contributed by atoms with E-state index in [1.807, 2.05) is 12.3 Å². The number of allylic oxidation sites excluding steroid dienone is 3. The van der Waals surface area contributed by atoms with Crippen molar-refractivity contribution in [1.29, 1.82) is 0 Å². The molecule has 50 valence electrons. The van der Waals surface area contributed by atoms with Gasteiger partial charge in [-0.1, -0.05) is 24.3 Å². The Morgan fingerprint density at radius 3 is 3.30 bits per heavy atom. The van der Waals surface area contributed by atoms with Crippen molar-refractivity contribution >= 4 is 6.21 Å². The van der Waals surface area contributed by atoms with Gasteiger partial charge in [-0.05, 0) is 18.1 Å². The maximum Gasteiger partial charge on any atom is 0.0783 e. The van der Waals surface area contributed by atoms with E-state index in [0.717, 1.165) is 6.42 Å². The highest BCUT2D eigenvalue weighted by molar-refractivity contribution is 5.74. The molecule has 0 amide bonds. The lowest BCUT2D eigenvalue weighted by Crippen LogP contribution is -2.10. The van der Waals surface area contributed by atoms with Crippen LogP contribution >= 0.6 is 0 Å². The maximum absolute atomic E-state index is 4.32. The van der Waals surface area contributed by atoms with E-state index in [0.29, 0.717) is 6.04 Å². The Labute approximate surface area is 60.5 Å². The van der Waals surface area contributed by atoms with Crippen molar-refractivity contribution in [3.63, 3.8) is 0 Å². The van der Waals surface area contributed by atoms with Crippen molar-refractivity contribution in [3.05, 3.63) is 36.0 Å². The Balaban J connectivity index is 2.34. The lowest BCUT2D eigenvalue weighted by atomic mass is 9.98. The van der Waals surface area contributed by atoms with Crippen molar-refractivity contribution in [3.8, 4) is 0 Å². The zero-order valence-corrected chi connectivity index (χ0v) is 5.70. The number of dihydropyridines is 1. The molecule has 1 heterocycles. The summed E-state index contributed by atoms with van der Waals surface area (Å²) in [5, 5.41) is 0. The molecule has 10 heavy (non-hydrogen) atoms. The Hall–Kier alpha value is -1.11. The van der Waals surface area contributed by atoms with Gasteiger partial charge in [0.05, 0.1) is 6.04 Å². The summed E-state index contributed by atoms with van der Waals surface area (Å²) in [6.45, 7) is 0. The maximum atomic E-state index is 4.32. The summed E-state index contributed by atoms with van der Waals surface area (Å²) in [7, 11) is 0. The molecule has 1 unspecified atom stereocenters. The number of rotatable bonds is 0. The minimum Gasteiger partial charge on any atom is -0.285 e. The third-order valence-corrected chi connectivity index (χ3v) is 1.81. The second-order valence-corrected chi connectivity index (χ2v) is 2.50. The minimum absolute atomic E-state index is 0.412. The van der Waals surface area contributed by atoms with Crippen molar-refractivity contribution in [1.82, 2.24) is 0 Å². The van der Waals surface area contributed by atoms with E-state index < -0.39 is 0 Å². The average Bonchev–Trinajstić information content (AvgIpc) is 2.05. The molecule has 1 heteroatoms. The van der Waals surface area contributed by atoms with E-state index in [1.54, 1.807) is 0 Å². The lowest BCUT2D eigenvalue weighted by Gasteiger charge is -2.16. The Bertz CT molecular complexity index is 243. The van der Waals surface area contributed by atoms with Crippen LogP contribution in [0.25, 0.3) is 0 Å². The number of aliphatic imine (C=N–C) groups is 1. The van der Waals surface area contributed by atoms with E-state index in [-0.39, 0.29) is 0 Å². The van der Waals surface area contributed by atoms with Gasteiger partial charge in [0.15, 0.2) is 0 Å². The van der Waals surface area contributed by atoms with Crippen LogP contribution in [0.2, 0.25) is 0 Å². The first-order valence-corrected chi connectivity index (χ1v) is 3.53. The Kier molecular flexibility index (Phi) is 1.28. The standard InChI is InChI=1S/C9H9N/c1-2-6-9-8(4-1)5-3-7-10-9/h1-5,7,9H,6H2. The van der Waals surface area contributed by atoms with Crippen LogP contribution in [0.1, 0.15) is 6.42 Å². The van der Waals surface area contributed by atoms with Gasteiger partial charge >= 0.3 is 0 Å². The Morgan fingerprint density at radius 2 is 2.40 bits per heavy atom. The molecule has 0 radical (unpaired) electrons. The van der Waals surface area contributed by atoms with Crippen LogP contribution in [0.4, 0.5) is 0 Å². The Morgan fingerprint density at radius 1 is 1.40 bits per heavy atom. The molecule has 2 rings (SSSR count). The zero-order chi connectivity index (χ0) is 6.81. The number of hydrogen-bond donors (Lipinski definition) is 0. The fourth-order valence-corrected chi connectivity index (χ4v) is 1.26. The average molecular weight is 131 g/mol. The van der Waals surface area contributed by atoms with E-state index in [9.17, 15) is 0 Å². The van der Waals surface area contributed by atoms with Crippen molar-refractivity contribution < 1.29 is 0 Å². The first-order valence-electron chi connectivity index (χ1n) is 3.53. The molecule has 0 fully saturated rings. The van der Waals surface area contributed by atoms with E-state index in [1.165, 1.54) is 5.57 Å². The molecule has 0 saturated carbocycles. The van der Waals surface area contributed by atoms with E-state index in [2.05, 4.69) is 29.3 Å². The highest BCUT2D eigenvalue weighted by Crippen LogP contribution is 2.19. The van der Waals surface area contributed by atoms with E-state index >= 15 is 0 Å². The molecule has 1 aliphatic carbocycles. The van der Waals surface area contributed by atoms with Crippen molar-refractivity contribution in [2.75, 3.05) is 0 Å². The summed E-state index contributed by atoms with van der Waals surface area (Å²) in [5.41, 5.74) is 1.34. The summed E-state index contributed by atoms with van der Waals surface area (Å²) in [6.07, 6.45) is 13.4. The largest absolute Gasteiger partial charge is 0.285 e. The van der Waals surface area contributed by atoms with Crippen LogP contribution < -0.4 is 0 Å². The molecule has 2 aliphatic rings. The fourth-order valence-electron chi connectivity index (χ4n) is 1.26. The summed E-state index contributed by atoms with van der Waals surface area (Å²) >= 11 is 0. The van der Waals surface area contributed by atoms with Crippen LogP contribution in [-0.2, 0) is 0 Å². The number of hydrogen-bond acceptors (Lipinski definition) is 1. The van der Waals surface area contributed by atoms with Gasteiger partial charge in [-0.15, -0.1) is 0 Å². The third kappa shape index (κ3) is 0.838. The topological polar surface area (TPSA) is 12.4 Å². The highest BCUT2D eigenvalue weighted by atomic mass is 14.8.